The van der Waals surface area contributed by atoms with Crippen LogP contribution in [0.3, 0.4) is 0 Å². The molecule has 7 nitrogen and oxygen atoms in total. The molecule has 0 radical (unpaired) electrons. The van der Waals surface area contributed by atoms with Crippen LogP contribution in [0.1, 0.15) is 23.1 Å². The zero-order chi connectivity index (χ0) is 22.2. The normalized spacial score (nSPS) is 16.3. The van der Waals surface area contributed by atoms with E-state index in [1.165, 1.54) is 16.7 Å². The fraction of sp³-hybridized carbons (Fsp3) is 0.458. The van der Waals surface area contributed by atoms with Crippen LogP contribution in [0.25, 0.3) is 0 Å². The topological polar surface area (TPSA) is 67.4 Å². The molecule has 1 heterocycles. The van der Waals surface area contributed by atoms with Gasteiger partial charge in [0.2, 0.25) is 0 Å². The second-order valence-corrected chi connectivity index (χ2v) is 7.87. The molecule has 1 saturated heterocycles. The van der Waals surface area contributed by atoms with Gasteiger partial charge in [0.25, 0.3) is 0 Å². The number of benzene rings is 2. The highest BCUT2D eigenvalue weighted by atomic mass is 127. The maximum absolute atomic E-state index is 5.39. The Hall–Kier alpha value is -2.20. The second kappa shape index (κ2) is 12.7. The van der Waals surface area contributed by atoms with Crippen LogP contribution in [-0.4, -0.2) is 58.4 Å². The van der Waals surface area contributed by atoms with E-state index in [0.29, 0.717) is 12.6 Å². The number of halogens is 1. The van der Waals surface area contributed by atoms with Crippen molar-refractivity contribution < 1.29 is 14.2 Å². The highest BCUT2D eigenvalue weighted by Gasteiger charge is 2.23. The molecule has 1 unspecified atom stereocenters. The first-order chi connectivity index (χ1) is 15.0. The van der Waals surface area contributed by atoms with Gasteiger partial charge in [-0.25, -0.2) is 0 Å². The van der Waals surface area contributed by atoms with Crippen molar-refractivity contribution in [3.05, 3.63) is 53.1 Å². The van der Waals surface area contributed by atoms with Crippen molar-refractivity contribution in [2.45, 2.75) is 32.5 Å². The van der Waals surface area contributed by atoms with Crippen molar-refractivity contribution in [3.63, 3.8) is 0 Å². The number of aliphatic imine (C=N–C) groups is 1. The van der Waals surface area contributed by atoms with Crippen LogP contribution < -0.4 is 24.8 Å². The number of nitrogens with one attached hydrogen (secondary N) is 2. The van der Waals surface area contributed by atoms with Crippen molar-refractivity contribution >= 4 is 29.9 Å². The Bertz CT molecular complexity index is 885. The fourth-order valence-corrected chi connectivity index (χ4v) is 3.93. The Morgan fingerprint density at radius 1 is 0.969 bits per heavy atom. The molecule has 2 N–H and O–H groups in total. The number of ether oxygens (including phenoxy) is 3. The molecule has 0 amide bonds. The monoisotopic (exact) mass is 554 g/mol. The Kier molecular flexibility index (Phi) is 10.4. The van der Waals surface area contributed by atoms with E-state index in [4.69, 9.17) is 14.2 Å². The van der Waals surface area contributed by atoms with Gasteiger partial charge >= 0.3 is 0 Å². The second-order valence-electron chi connectivity index (χ2n) is 7.87. The minimum Gasteiger partial charge on any atom is -0.497 e. The molecule has 2 aromatic carbocycles. The Morgan fingerprint density at radius 3 is 2.22 bits per heavy atom. The lowest BCUT2D eigenvalue weighted by Crippen LogP contribution is -2.44. The number of methoxy groups -OCH3 is 3. The van der Waals surface area contributed by atoms with E-state index in [1.54, 1.807) is 28.4 Å². The molecule has 1 fully saturated rings. The Morgan fingerprint density at radius 2 is 1.59 bits per heavy atom. The summed E-state index contributed by atoms with van der Waals surface area (Å²) in [6, 6.07) is 12.6. The molecule has 32 heavy (non-hydrogen) atoms. The van der Waals surface area contributed by atoms with E-state index in [2.05, 4.69) is 45.6 Å². The lowest BCUT2D eigenvalue weighted by atomic mass is 10.1. The van der Waals surface area contributed by atoms with Gasteiger partial charge in [0.15, 0.2) is 5.96 Å². The summed E-state index contributed by atoms with van der Waals surface area (Å²) in [5.41, 5.74) is 3.53. The summed E-state index contributed by atoms with van der Waals surface area (Å²) in [4.78, 5) is 6.83. The lowest BCUT2D eigenvalue weighted by molar-refractivity contribution is 0.321. The Labute approximate surface area is 208 Å². The summed E-state index contributed by atoms with van der Waals surface area (Å²) in [7, 11) is 6.86. The number of guanidine groups is 1. The molecule has 1 aliphatic rings. The van der Waals surface area contributed by atoms with Crippen LogP contribution in [0.5, 0.6) is 17.2 Å². The number of rotatable bonds is 8. The summed E-state index contributed by atoms with van der Waals surface area (Å²) in [5, 5.41) is 6.97. The molecular weight excluding hydrogens is 519 g/mol. The molecule has 0 bridgehead atoms. The van der Waals surface area contributed by atoms with Gasteiger partial charge in [-0.15, -0.1) is 24.0 Å². The van der Waals surface area contributed by atoms with Crippen molar-refractivity contribution in [2.75, 3.05) is 41.5 Å². The van der Waals surface area contributed by atoms with Crippen LogP contribution in [0, 0.1) is 6.92 Å². The first-order valence-corrected chi connectivity index (χ1v) is 10.6. The molecule has 1 aliphatic heterocycles. The summed E-state index contributed by atoms with van der Waals surface area (Å²) in [6.45, 7) is 5.62. The van der Waals surface area contributed by atoms with E-state index >= 15 is 0 Å². The van der Waals surface area contributed by atoms with Gasteiger partial charge in [0.1, 0.15) is 17.2 Å². The first-order valence-electron chi connectivity index (χ1n) is 10.6. The van der Waals surface area contributed by atoms with E-state index in [-0.39, 0.29) is 24.0 Å². The van der Waals surface area contributed by atoms with Crippen molar-refractivity contribution in [1.82, 2.24) is 15.5 Å². The molecular formula is C24H35IN4O3. The smallest absolute Gasteiger partial charge is 0.191 e. The van der Waals surface area contributed by atoms with Crippen LogP contribution in [-0.2, 0) is 13.1 Å². The lowest BCUT2D eigenvalue weighted by Gasteiger charge is -2.19. The predicted molar refractivity (Wildman–Crippen MR) is 140 cm³/mol. The minimum absolute atomic E-state index is 0. The standard InChI is InChI=1S/C24H34N4O3.HI/c1-17-8-18(10-21(9-17)29-3)14-26-24(25-2)27-20-6-7-28(16-20)15-19-11-22(30-4)13-23(12-19)31-5;/h8-13,20H,6-7,14-16H2,1-5H3,(H2,25,26,27);1H. The van der Waals surface area contributed by atoms with Gasteiger partial charge in [0, 0.05) is 45.3 Å². The number of hydrogen-bond donors (Lipinski definition) is 2. The van der Waals surface area contributed by atoms with Gasteiger partial charge in [0.05, 0.1) is 21.3 Å². The van der Waals surface area contributed by atoms with Crippen molar-refractivity contribution in [3.8, 4) is 17.2 Å². The zero-order valence-electron chi connectivity index (χ0n) is 19.6. The number of likely N-dealkylation sites (tertiary alicyclic amines) is 1. The summed E-state index contributed by atoms with van der Waals surface area (Å²) >= 11 is 0. The number of hydrogen-bond acceptors (Lipinski definition) is 5. The molecule has 1 atom stereocenters. The molecule has 0 saturated carbocycles. The Balaban J connectivity index is 0.00000363. The van der Waals surface area contributed by atoms with Crippen LogP contribution >= 0.6 is 24.0 Å². The van der Waals surface area contributed by atoms with E-state index < -0.39 is 0 Å². The van der Waals surface area contributed by atoms with Crippen molar-refractivity contribution in [1.29, 1.82) is 0 Å². The number of aryl methyl sites for hydroxylation is 1. The van der Waals surface area contributed by atoms with Gasteiger partial charge < -0.3 is 24.8 Å². The molecule has 3 rings (SSSR count). The zero-order valence-corrected chi connectivity index (χ0v) is 21.9. The third-order valence-corrected chi connectivity index (χ3v) is 5.46. The summed E-state index contributed by atoms with van der Waals surface area (Å²) in [5.74, 6) is 3.33. The molecule has 0 aromatic heterocycles. The van der Waals surface area contributed by atoms with E-state index in [0.717, 1.165) is 49.3 Å². The van der Waals surface area contributed by atoms with Crippen LogP contribution in [0.15, 0.2) is 41.4 Å². The first kappa shape index (κ1) is 26.1. The molecule has 176 valence electrons. The molecule has 8 heteroatoms. The SMILES string of the molecule is CN=C(NCc1cc(C)cc(OC)c1)NC1CCN(Cc2cc(OC)cc(OC)c2)C1.I. The predicted octanol–water partition coefficient (Wildman–Crippen LogP) is 3.58. The highest BCUT2D eigenvalue weighted by Crippen LogP contribution is 2.24. The minimum atomic E-state index is 0. The van der Waals surface area contributed by atoms with Crippen LogP contribution in [0.4, 0.5) is 0 Å². The molecule has 0 aliphatic carbocycles. The van der Waals surface area contributed by atoms with Crippen molar-refractivity contribution in [2.24, 2.45) is 4.99 Å². The van der Waals surface area contributed by atoms with Crippen LogP contribution in [0.2, 0.25) is 0 Å². The third kappa shape index (κ3) is 7.44. The maximum Gasteiger partial charge on any atom is 0.191 e. The number of nitrogens with zero attached hydrogens (tertiary/aromatic N) is 2. The van der Waals surface area contributed by atoms with Gasteiger partial charge in [-0.1, -0.05) is 6.07 Å². The third-order valence-electron chi connectivity index (χ3n) is 5.46. The summed E-state index contributed by atoms with van der Waals surface area (Å²) in [6.07, 6.45) is 1.07. The van der Waals surface area contributed by atoms with E-state index in [9.17, 15) is 0 Å². The molecule has 2 aromatic rings. The summed E-state index contributed by atoms with van der Waals surface area (Å²) < 4.78 is 16.2. The van der Waals surface area contributed by atoms with Gasteiger partial charge in [-0.2, -0.15) is 0 Å². The molecule has 0 spiro atoms. The maximum atomic E-state index is 5.39. The highest BCUT2D eigenvalue weighted by molar-refractivity contribution is 14.0. The average molecular weight is 554 g/mol. The fourth-order valence-electron chi connectivity index (χ4n) is 3.93. The average Bonchev–Trinajstić information content (AvgIpc) is 3.22. The largest absolute Gasteiger partial charge is 0.497 e. The quantitative estimate of drug-likeness (QED) is 0.296. The van der Waals surface area contributed by atoms with Gasteiger partial charge in [-0.3, -0.25) is 9.89 Å². The van der Waals surface area contributed by atoms with Gasteiger partial charge in [-0.05, 0) is 54.3 Å². The van der Waals surface area contributed by atoms with E-state index in [1.807, 2.05) is 18.2 Å².